The number of anilines is 1. The molecule has 6 heteroatoms. The Morgan fingerprint density at radius 1 is 1.22 bits per heavy atom. The molecule has 6 nitrogen and oxygen atoms in total. The van der Waals surface area contributed by atoms with E-state index in [2.05, 4.69) is 22.3 Å². The second-order valence-electron chi connectivity index (χ2n) is 3.97. The lowest BCUT2D eigenvalue weighted by atomic mass is 10.4. The average Bonchev–Trinajstić information content (AvgIpc) is 2.37. The summed E-state index contributed by atoms with van der Waals surface area (Å²) in [4.78, 5) is 8.44. The van der Waals surface area contributed by atoms with E-state index in [1.54, 1.807) is 6.07 Å². The van der Waals surface area contributed by atoms with Gasteiger partial charge < -0.3 is 14.9 Å². The minimum Gasteiger partial charge on any atom is -0.379 e. The summed E-state index contributed by atoms with van der Waals surface area (Å²) in [7, 11) is 0. The Kier molecular flexibility index (Phi) is 7.24. The number of aromatic nitrogens is 2. The average molecular weight is 254 g/mol. The summed E-state index contributed by atoms with van der Waals surface area (Å²) < 4.78 is 10.8. The molecule has 0 amide bonds. The highest BCUT2D eigenvalue weighted by molar-refractivity contribution is 5.33. The van der Waals surface area contributed by atoms with Gasteiger partial charge in [-0.15, -0.1) is 0 Å². The lowest BCUT2D eigenvalue weighted by molar-refractivity contribution is 0.0374. The first-order valence-electron chi connectivity index (χ1n) is 6.23. The maximum absolute atomic E-state index is 5.44. The van der Waals surface area contributed by atoms with Crippen molar-refractivity contribution < 1.29 is 9.47 Å². The summed E-state index contributed by atoms with van der Waals surface area (Å²) in [6.45, 7) is 6.34. The van der Waals surface area contributed by atoms with E-state index in [-0.39, 0.29) is 0 Å². The fourth-order valence-electron chi connectivity index (χ4n) is 1.40. The summed E-state index contributed by atoms with van der Waals surface area (Å²) in [6.07, 6.45) is 2.24. The van der Waals surface area contributed by atoms with Gasteiger partial charge in [-0.1, -0.05) is 13.3 Å². The fraction of sp³-hybridized carbons (Fsp3) is 0.667. The molecule has 0 atom stereocenters. The summed E-state index contributed by atoms with van der Waals surface area (Å²) in [6, 6.07) is 1.78. The molecular formula is C12H22N4O2. The van der Waals surface area contributed by atoms with E-state index in [0.717, 1.165) is 25.1 Å². The molecule has 102 valence electrons. The zero-order valence-electron chi connectivity index (χ0n) is 11.1. The second-order valence-corrected chi connectivity index (χ2v) is 3.97. The molecule has 0 fully saturated rings. The number of nitrogens with one attached hydrogen (secondary N) is 1. The van der Waals surface area contributed by atoms with E-state index < -0.39 is 0 Å². The SMILES string of the molecule is CCCCOCCOCc1nc(C)cc(NN)n1. The summed E-state index contributed by atoms with van der Waals surface area (Å²) in [5.41, 5.74) is 3.36. The Bertz CT molecular complexity index is 347. The maximum atomic E-state index is 5.44. The van der Waals surface area contributed by atoms with Crippen LogP contribution < -0.4 is 11.3 Å². The zero-order valence-corrected chi connectivity index (χ0v) is 11.1. The number of hydrazine groups is 1. The number of nitrogens with zero attached hydrogens (tertiary/aromatic N) is 2. The van der Waals surface area contributed by atoms with Crippen molar-refractivity contribution in [1.82, 2.24) is 9.97 Å². The van der Waals surface area contributed by atoms with Crippen LogP contribution in [0.4, 0.5) is 5.82 Å². The summed E-state index contributed by atoms with van der Waals surface area (Å²) in [5, 5.41) is 0. The van der Waals surface area contributed by atoms with Gasteiger partial charge in [0.2, 0.25) is 0 Å². The highest BCUT2D eigenvalue weighted by atomic mass is 16.5. The lowest BCUT2D eigenvalue weighted by Gasteiger charge is -2.07. The normalized spacial score (nSPS) is 10.6. The van der Waals surface area contributed by atoms with Crippen LogP contribution in [0.25, 0.3) is 0 Å². The molecule has 0 radical (unpaired) electrons. The van der Waals surface area contributed by atoms with Crippen molar-refractivity contribution >= 4 is 5.82 Å². The van der Waals surface area contributed by atoms with Crippen molar-refractivity contribution in [3.8, 4) is 0 Å². The fourth-order valence-corrected chi connectivity index (χ4v) is 1.40. The van der Waals surface area contributed by atoms with Gasteiger partial charge in [-0.2, -0.15) is 0 Å². The van der Waals surface area contributed by atoms with Crippen LogP contribution in [0.1, 0.15) is 31.3 Å². The van der Waals surface area contributed by atoms with E-state index >= 15 is 0 Å². The standard InChI is InChI=1S/C12H22N4O2/c1-3-4-5-17-6-7-18-9-12-14-10(2)8-11(15-12)16-13/h8H,3-7,9,13H2,1-2H3,(H,14,15,16). The quantitative estimate of drug-likeness (QED) is 0.394. The van der Waals surface area contributed by atoms with Gasteiger partial charge in [0.1, 0.15) is 12.4 Å². The predicted molar refractivity (Wildman–Crippen MR) is 70.0 cm³/mol. The van der Waals surface area contributed by atoms with Crippen LogP contribution in [0, 0.1) is 6.92 Å². The molecule has 0 spiro atoms. The minimum absolute atomic E-state index is 0.369. The molecule has 0 saturated heterocycles. The van der Waals surface area contributed by atoms with Crippen LogP contribution >= 0.6 is 0 Å². The van der Waals surface area contributed by atoms with Crippen molar-refractivity contribution in [1.29, 1.82) is 0 Å². The molecule has 1 heterocycles. The predicted octanol–water partition coefficient (Wildman–Crippen LogP) is 1.40. The Labute approximate surface area is 108 Å². The van der Waals surface area contributed by atoms with Crippen LogP contribution in [-0.4, -0.2) is 29.8 Å². The molecule has 0 saturated carbocycles. The molecule has 0 aromatic carbocycles. The first-order chi connectivity index (χ1) is 8.76. The number of aryl methyl sites for hydroxylation is 1. The van der Waals surface area contributed by atoms with E-state index in [9.17, 15) is 0 Å². The maximum Gasteiger partial charge on any atom is 0.156 e. The van der Waals surface area contributed by atoms with Crippen molar-refractivity contribution in [3.05, 3.63) is 17.6 Å². The summed E-state index contributed by atoms with van der Waals surface area (Å²) in [5.74, 6) is 6.53. The number of nitrogen functional groups attached to an aromatic ring is 1. The third-order valence-corrected chi connectivity index (χ3v) is 2.29. The Hall–Kier alpha value is -1.24. The number of nitrogens with two attached hydrogens (primary N) is 1. The second kappa shape index (κ2) is 8.79. The van der Waals surface area contributed by atoms with Gasteiger partial charge in [-0.05, 0) is 13.3 Å². The third-order valence-electron chi connectivity index (χ3n) is 2.29. The molecule has 0 bridgehead atoms. The molecule has 1 aromatic rings. The van der Waals surface area contributed by atoms with Crippen LogP contribution in [0.3, 0.4) is 0 Å². The van der Waals surface area contributed by atoms with Gasteiger partial charge >= 0.3 is 0 Å². The van der Waals surface area contributed by atoms with Gasteiger partial charge in [-0.3, -0.25) is 0 Å². The van der Waals surface area contributed by atoms with Gasteiger partial charge in [-0.25, -0.2) is 15.8 Å². The van der Waals surface area contributed by atoms with E-state index in [1.165, 1.54) is 0 Å². The molecule has 3 N–H and O–H groups in total. The zero-order chi connectivity index (χ0) is 13.2. The molecule has 18 heavy (non-hydrogen) atoms. The number of rotatable bonds is 9. The topological polar surface area (TPSA) is 82.3 Å². The molecule has 1 aromatic heterocycles. The van der Waals surface area contributed by atoms with Crippen molar-refractivity contribution in [3.63, 3.8) is 0 Å². The van der Waals surface area contributed by atoms with Crippen LogP contribution in [0.15, 0.2) is 6.07 Å². The van der Waals surface area contributed by atoms with Crippen LogP contribution in [-0.2, 0) is 16.1 Å². The molecular weight excluding hydrogens is 232 g/mol. The first kappa shape index (κ1) is 14.8. The van der Waals surface area contributed by atoms with E-state index in [1.807, 2.05) is 6.92 Å². The van der Waals surface area contributed by atoms with Crippen molar-refractivity contribution in [2.24, 2.45) is 5.84 Å². The Balaban J connectivity index is 2.20. The van der Waals surface area contributed by atoms with Crippen LogP contribution in [0.2, 0.25) is 0 Å². The molecule has 0 aliphatic carbocycles. The Morgan fingerprint density at radius 3 is 2.72 bits per heavy atom. The third kappa shape index (κ3) is 5.90. The van der Waals surface area contributed by atoms with E-state index in [0.29, 0.717) is 31.5 Å². The highest BCUT2D eigenvalue weighted by Crippen LogP contribution is 2.05. The first-order valence-corrected chi connectivity index (χ1v) is 6.23. The van der Waals surface area contributed by atoms with Crippen molar-refractivity contribution in [2.45, 2.75) is 33.3 Å². The van der Waals surface area contributed by atoms with Crippen LogP contribution in [0.5, 0.6) is 0 Å². The molecule has 0 aliphatic rings. The molecule has 0 unspecified atom stereocenters. The molecule has 0 aliphatic heterocycles. The van der Waals surface area contributed by atoms with Crippen molar-refractivity contribution in [2.75, 3.05) is 25.2 Å². The monoisotopic (exact) mass is 254 g/mol. The largest absolute Gasteiger partial charge is 0.379 e. The Morgan fingerprint density at radius 2 is 2.00 bits per heavy atom. The molecule has 1 rings (SSSR count). The number of hydrogen-bond acceptors (Lipinski definition) is 6. The van der Waals surface area contributed by atoms with Gasteiger partial charge in [0.05, 0.1) is 13.2 Å². The number of unbranched alkanes of at least 4 members (excludes halogenated alkanes) is 1. The van der Waals surface area contributed by atoms with Gasteiger partial charge in [0.15, 0.2) is 5.82 Å². The lowest BCUT2D eigenvalue weighted by Crippen LogP contribution is -2.12. The van der Waals surface area contributed by atoms with E-state index in [4.69, 9.17) is 15.3 Å². The van der Waals surface area contributed by atoms with Gasteiger partial charge in [0, 0.05) is 18.4 Å². The minimum atomic E-state index is 0.369. The number of hydrogen-bond donors (Lipinski definition) is 2. The summed E-state index contributed by atoms with van der Waals surface area (Å²) >= 11 is 0. The van der Waals surface area contributed by atoms with Gasteiger partial charge in [0.25, 0.3) is 0 Å². The smallest absolute Gasteiger partial charge is 0.156 e. The highest BCUT2D eigenvalue weighted by Gasteiger charge is 2.01. The number of ether oxygens (including phenoxy) is 2.